The van der Waals surface area contributed by atoms with E-state index < -0.39 is 23.5 Å². The Labute approximate surface area is 106 Å². The lowest BCUT2D eigenvalue weighted by Gasteiger charge is -2.29. The van der Waals surface area contributed by atoms with E-state index in [1.807, 2.05) is 0 Å². The van der Waals surface area contributed by atoms with Crippen LogP contribution in [-0.4, -0.2) is 34.5 Å². The molecule has 100 valence electrons. The molecule has 0 aromatic rings. The van der Waals surface area contributed by atoms with Gasteiger partial charge >= 0.3 is 12.1 Å². The molecule has 0 atom stereocenters. The highest BCUT2D eigenvalue weighted by Crippen LogP contribution is 2.22. The maximum atomic E-state index is 12.1. The molecule has 1 heterocycles. The van der Waals surface area contributed by atoms with Gasteiger partial charge in [0, 0.05) is 6.04 Å². The number of carbonyl (C=O) groups excluding carboxylic acids is 3. The molecule has 0 aromatic carbocycles. The second-order valence-electron chi connectivity index (χ2n) is 5.44. The van der Waals surface area contributed by atoms with E-state index in [4.69, 9.17) is 0 Å². The third kappa shape index (κ3) is 2.19. The monoisotopic (exact) mass is 253 g/mol. The van der Waals surface area contributed by atoms with Crippen LogP contribution in [0.2, 0.25) is 0 Å². The molecule has 1 aliphatic heterocycles. The summed E-state index contributed by atoms with van der Waals surface area (Å²) in [6.07, 6.45) is 5.27. The molecule has 0 spiro atoms. The molecular formula is C12H19N3O3. The van der Waals surface area contributed by atoms with Crippen molar-refractivity contribution in [3.63, 3.8) is 0 Å². The van der Waals surface area contributed by atoms with Crippen LogP contribution in [-0.2, 0) is 4.79 Å². The largest absolute Gasteiger partial charge is 0.335 e. The van der Waals surface area contributed by atoms with Crippen LogP contribution in [0.15, 0.2) is 0 Å². The number of amides is 5. The summed E-state index contributed by atoms with van der Waals surface area (Å²) in [4.78, 5) is 36.2. The summed E-state index contributed by atoms with van der Waals surface area (Å²) in [6, 6.07) is -1.00. The number of hydrogen-bond acceptors (Lipinski definition) is 3. The van der Waals surface area contributed by atoms with Gasteiger partial charge in [-0.3, -0.25) is 10.1 Å². The molecule has 6 heteroatoms. The Morgan fingerprint density at radius 3 is 2.39 bits per heavy atom. The van der Waals surface area contributed by atoms with E-state index in [0.29, 0.717) is 0 Å². The number of carbonyl (C=O) groups is 3. The lowest BCUT2D eigenvalue weighted by Crippen LogP contribution is -2.54. The molecule has 1 saturated heterocycles. The van der Waals surface area contributed by atoms with Gasteiger partial charge in [0.05, 0.1) is 0 Å². The van der Waals surface area contributed by atoms with E-state index in [1.54, 1.807) is 13.8 Å². The molecule has 0 bridgehead atoms. The van der Waals surface area contributed by atoms with Crippen LogP contribution in [0.4, 0.5) is 9.59 Å². The molecule has 0 unspecified atom stereocenters. The van der Waals surface area contributed by atoms with Gasteiger partial charge in [-0.15, -0.1) is 0 Å². The van der Waals surface area contributed by atoms with Crippen LogP contribution >= 0.6 is 0 Å². The number of urea groups is 2. The topological polar surface area (TPSA) is 78.5 Å². The zero-order valence-corrected chi connectivity index (χ0v) is 10.8. The maximum absolute atomic E-state index is 12.1. The van der Waals surface area contributed by atoms with Crippen molar-refractivity contribution in [1.29, 1.82) is 0 Å². The van der Waals surface area contributed by atoms with Crippen LogP contribution in [0.25, 0.3) is 0 Å². The van der Waals surface area contributed by atoms with Gasteiger partial charge in [0.25, 0.3) is 5.91 Å². The fraction of sp³-hybridized carbons (Fsp3) is 0.750. The van der Waals surface area contributed by atoms with E-state index >= 15 is 0 Å². The van der Waals surface area contributed by atoms with Gasteiger partial charge in [-0.05, 0) is 26.7 Å². The van der Waals surface area contributed by atoms with Crippen molar-refractivity contribution in [3.8, 4) is 0 Å². The molecular weight excluding hydrogens is 234 g/mol. The second kappa shape index (κ2) is 4.59. The van der Waals surface area contributed by atoms with Crippen LogP contribution in [0.5, 0.6) is 0 Å². The number of hydrogen-bond donors (Lipinski definition) is 2. The molecule has 18 heavy (non-hydrogen) atoms. The van der Waals surface area contributed by atoms with Gasteiger partial charge in [0.1, 0.15) is 5.54 Å². The van der Waals surface area contributed by atoms with Gasteiger partial charge < -0.3 is 5.32 Å². The fourth-order valence-corrected chi connectivity index (χ4v) is 2.49. The van der Waals surface area contributed by atoms with Crippen molar-refractivity contribution in [3.05, 3.63) is 0 Å². The summed E-state index contributed by atoms with van der Waals surface area (Å²) < 4.78 is 0. The van der Waals surface area contributed by atoms with Crippen molar-refractivity contribution in [2.75, 3.05) is 0 Å². The SMILES string of the molecule is CC1(C)C(=O)NC(=O)N1C(=O)NC1CCCCC1. The molecule has 1 saturated carbocycles. The Morgan fingerprint density at radius 2 is 1.89 bits per heavy atom. The molecule has 1 aliphatic carbocycles. The maximum Gasteiger partial charge on any atom is 0.333 e. The molecule has 6 nitrogen and oxygen atoms in total. The highest BCUT2D eigenvalue weighted by Gasteiger charge is 2.49. The predicted molar refractivity (Wildman–Crippen MR) is 64.9 cm³/mol. The van der Waals surface area contributed by atoms with Gasteiger partial charge in [0.15, 0.2) is 0 Å². The first-order valence-corrected chi connectivity index (χ1v) is 6.39. The Hall–Kier alpha value is -1.59. The fourth-order valence-electron chi connectivity index (χ4n) is 2.49. The average molecular weight is 253 g/mol. The summed E-state index contributed by atoms with van der Waals surface area (Å²) in [6.45, 7) is 3.13. The quantitative estimate of drug-likeness (QED) is 0.692. The lowest BCUT2D eigenvalue weighted by atomic mass is 9.95. The van der Waals surface area contributed by atoms with Crippen LogP contribution in [0.3, 0.4) is 0 Å². The Bertz CT molecular complexity index is 386. The summed E-state index contributed by atoms with van der Waals surface area (Å²) in [5, 5.41) is 5.00. The van der Waals surface area contributed by atoms with E-state index in [1.165, 1.54) is 6.42 Å². The summed E-state index contributed by atoms with van der Waals surface area (Å²) >= 11 is 0. The van der Waals surface area contributed by atoms with Crippen LogP contribution in [0, 0.1) is 0 Å². The van der Waals surface area contributed by atoms with Crippen LogP contribution < -0.4 is 10.6 Å². The van der Waals surface area contributed by atoms with E-state index in [0.717, 1.165) is 30.6 Å². The first-order chi connectivity index (χ1) is 8.43. The zero-order valence-electron chi connectivity index (χ0n) is 10.8. The third-order valence-electron chi connectivity index (χ3n) is 3.67. The van der Waals surface area contributed by atoms with Crippen molar-refractivity contribution in [2.45, 2.75) is 57.5 Å². The predicted octanol–water partition coefficient (Wildman–Crippen LogP) is 1.36. The molecule has 2 fully saturated rings. The zero-order chi connectivity index (χ0) is 13.3. The molecule has 5 amide bonds. The standard InChI is InChI=1S/C12H19N3O3/c1-12(2)9(16)14-11(18)15(12)10(17)13-8-6-4-3-5-7-8/h8H,3-7H2,1-2H3,(H,13,17)(H,14,16,18). The van der Waals surface area contributed by atoms with E-state index in [2.05, 4.69) is 10.6 Å². The average Bonchev–Trinajstić information content (AvgIpc) is 2.49. The molecule has 2 aliphatic rings. The smallest absolute Gasteiger partial charge is 0.333 e. The second-order valence-corrected chi connectivity index (χ2v) is 5.44. The summed E-state index contributed by atoms with van der Waals surface area (Å²) in [5.41, 5.74) is -1.12. The first-order valence-electron chi connectivity index (χ1n) is 6.39. The Balaban J connectivity index is 2.04. The number of nitrogens with one attached hydrogen (secondary N) is 2. The van der Waals surface area contributed by atoms with Gasteiger partial charge in [-0.1, -0.05) is 19.3 Å². The van der Waals surface area contributed by atoms with Crippen molar-refractivity contribution < 1.29 is 14.4 Å². The normalized spacial score (nSPS) is 24.0. The minimum absolute atomic E-state index is 0.116. The van der Waals surface area contributed by atoms with Gasteiger partial charge in [-0.2, -0.15) is 0 Å². The highest BCUT2D eigenvalue weighted by atomic mass is 16.2. The van der Waals surface area contributed by atoms with Crippen molar-refractivity contribution in [1.82, 2.24) is 15.5 Å². The summed E-state index contributed by atoms with van der Waals surface area (Å²) in [7, 11) is 0. The Morgan fingerprint density at radius 1 is 1.28 bits per heavy atom. The van der Waals surface area contributed by atoms with E-state index in [-0.39, 0.29) is 6.04 Å². The highest BCUT2D eigenvalue weighted by molar-refractivity contribution is 6.13. The summed E-state index contributed by atoms with van der Waals surface area (Å²) in [5.74, 6) is -0.439. The minimum Gasteiger partial charge on any atom is -0.335 e. The third-order valence-corrected chi connectivity index (χ3v) is 3.67. The van der Waals surface area contributed by atoms with E-state index in [9.17, 15) is 14.4 Å². The number of imide groups is 2. The van der Waals surface area contributed by atoms with Gasteiger partial charge in [0.2, 0.25) is 0 Å². The molecule has 2 rings (SSSR count). The molecule has 0 radical (unpaired) electrons. The molecule has 0 aromatic heterocycles. The lowest BCUT2D eigenvalue weighted by molar-refractivity contribution is -0.124. The van der Waals surface area contributed by atoms with Crippen LogP contribution in [0.1, 0.15) is 46.0 Å². The van der Waals surface area contributed by atoms with Gasteiger partial charge in [-0.25, -0.2) is 14.5 Å². The van der Waals surface area contributed by atoms with Crippen molar-refractivity contribution in [2.24, 2.45) is 0 Å². The van der Waals surface area contributed by atoms with Crippen molar-refractivity contribution >= 4 is 18.0 Å². The Kier molecular flexibility index (Phi) is 3.28. The number of nitrogens with zero attached hydrogens (tertiary/aromatic N) is 1. The molecule has 2 N–H and O–H groups in total. The number of rotatable bonds is 1. The minimum atomic E-state index is -1.12. The first kappa shape index (κ1) is 12.9.